The van der Waals surface area contributed by atoms with Crippen LogP contribution < -0.4 is 5.32 Å². The van der Waals surface area contributed by atoms with Crippen molar-refractivity contribution in [2.24, 2.45) is 0 Å². The van der Waals surface area contributed by atoms with E-state index in [1.807, 2.05) is 26.0 Å². The summed E-state index contributed by atoms with van der Waals surface area (Å²) in [7, 11) is 0. The summed E-state index contributed by atoms with van der Waals surface area (Å²) in [4.78, 5) is 13.8. The first-order chi connectivity index (χ1) is 13.8. The van der Waals surface area contributed by atoms with Gasteiger partial charge in [0.05, 0.1) is 5.75 Å². The lowest BCUT2D eigenvalue weighted by Crippen LogP contribution is -2.15. The predicted molar refractivity (Wildman–Crippen MR) is 123 cm³/mol. The number of aryl methyl sites for hydroxylation is 2. The van der Waals surface area contributed by atoms with Crippen molar-refractivity contribution < 1.29 is 4.79 Å². The highest BCUT2D eigenvalue weighted by Crippen LogP contribution is 2.32. The average molecular weight is 429 g/mol. The molecule has 2 heterocycles. The Morgan fingerprint density at radius 2 is 1.93 bits per heavy atom. The molecule has 0 atom stereocenters. The Kier molecular flexibility index (Phi) is 6.80. The predicted octanol–water partition coefficient (Wildman–Crippen LogP) is 6.06. The third-order valence-electron chi connectivity index (χ3n) is 4.62. The van der Waals surface area contributed by atoms with E-state index in [-0.39, 0.29) is 11.9 Å². The number of aromatic nitrogens is 3. The van der Waals surface area contributed by atoms with Crippen LogP contribution in [0.15, 0.2) is 34.8 Å². The molecule has 0 aliphatic carbocycles. The van der Waals surface area contributed by atoms with E-state index >= 15 is 0 Å². The molecule has 3 aromatic rings. The van der Waals surface area contributed by atoms with Gasteiger partial charge in [0.2, 0.25) is 5.91 Å². The molecule has 5 nitrogen and oxygen atoms in total. The molecule has 0 spiro atoms. The van der Waals surface area contributed by atoms with E-state index in [1.54, 1.807) is 11.3 Å². The highest BCUT2D eigenvalue weighted by molar-refractivity contribution is 7.99. The van der Waals surface area contributed by atoms with Gasteiger partial charge in [-0.05, 0) is 51.3 Å². The zero-order valence-electron chi connectivity index (χ0n) is 17.8. The first-order valence-corrected chi connectivity index (χ1v) is 11.7. The fraction of sp³-hybridized carbons (Fsp3) is 0.409. The van der Waals surface area contributed by atoms with Crippen LogP contribution in [-0.2, 0) is 4.79 Å². The molecule has 2 aromatic heterocycles. The SMILES string of the molecule is Cc1ccc(NC(=O)CSc2nnc(-c3csc(C(C)C)c3)n2C(C)C)c(C)c1. The number of hydrogen-bond acceptors (Lipinski definition) is 5. The fourth-order valence-electron chi connectivity index (χ4n) is 3.08. The summed E-state index contributed by atoms with van der Waals surface area (Å²) < 4.78 is 2.11. The molecular formula is C22H28N4OS2. The molecule has 0 bridgehead atoms. The topological polar surface area (TPSA) is 59.8 Å². The Bertz CT molecular complexity index is 1000. The van der Waals surface area contributed by atoms with Gasteiger partial charge in [-0.2, -0.15) is 0 Å². The smallest absolute Gasteiger partial charge is 0.234 e. The average Bonchev–Trinajstić information content (AvgIpc) is 3.29. The highest BCUT2D eigenvalue weighted by atomic mass is 32.2. The van der Waals surface area contributed by atoms with Crippen LogP contribution in [0, 0.1) is 13.8 Å². The summed E-state index contributed by atoms with van der Waals surface area (Å²) in [6, 6.07) is 8.41. The first-order valence-electron chi connectivity index (χ1n) is 9.80. The molecule has 0 aliphatic rings. The Balaban J connectivity index is 1.73. The number of benzene rings is 1. The van der Waals surface area contributed by atoms with Crippen molar-refractivity contribution in [2.45, 2.75) is 58.7 Å². The molecule has 154 valence electrons. The maximum absolute atomic E-state index is 12.5. The van der Waals surface area contributed by atoms with Gasteiger partial charge in [0.1, 0.15) is 0 Å². The van der Waals surface area contributed by atoms with Crippen LogP contribution in [0.3, 0.4) is 0 Å². The van der Waals surface area contributed by atoms with E-state index in [4.69, 9.17) is 0 Å². The molecule has 1 N–H and O–H groups in total. The Hall–Kier alpha value is -2.12. The molecule has 1 amide bonds. The monoisotopic (exact) mass is 428 g/mol. The van der Waals surface area contributed by atoms with Crippen LogP contribution in [0.4, 0.5) is 5.69 Å². The number of anilines is 1. The van der Waals surface area contributed by atoms with E-state index < -0.39 is 0 Å². The van der Waals surface area contributed by atoms with Crippen LogP contribution in [0.25, 0.3) is 11.4 Å². The van der Waals surface area contributed by atoms with Crippen molar-refractivity contribution in [3.8, 4) is 11.4 Å². The minimum absolute atomic E-state index is 0.0422. The van der Waals surface area contributed by atoms with Crippen molar-refractivity contribution in [1.29, 1.82) is 0 Å². The van der Waals surface area contributed by atoms with Gasteiger partial charge < -0.3 is 5.32 Å². The lowest BCUT2D eigenvalue weighted by molar-refractivity contribution is -0.113. The summed E-state index contributed by atoms with van der Waals surface area (Å²) in [6.07, 6.45) is 0. The van der Waals surface area contributed by atoms with Gasteiger partial charge in [0, 0.05) is 27.5 Å². The number of carbonyl (C=O) groups excluding carboxylic acids is 1. The molecule has 0 fully saturated rings. The zero-order chi connectivity index (χ0) is 21.1. The van der Waals surface area contributed by atoms with Gasteiger partial charge in [-0.3, -0.25) is 9.36 Å². The largest absolute Gasteiger partial charge is 0.325 e. The molecular weight excluding hydrogens is 400 g/mol. The van der Waals surface area contributed by atoms with Crippen LogP contribution in [0.2, 0.25) is 0 Å². The van der Waals surface area contributed by atoms with Crippen molar-refractivity contribution in [2.75, 3.05) is 11.1 Å². The standard InChI is InChI=1S/C22H28N4OS2/c1-13(2)19-10-17(11-28-19)21-24-25-22(26(21)14(3)4)29-12-20(27)23-18-8-7-15(5)9-16(18)6/h7-11,13-14H,12H2,1-6H3,(H,23,27). The number of carbonyl (C=O) groups is 1. The minimum Gasteiger partial charge on any atom is -0.325 e. The van der Waals surface area contributed by atoms with Gasteiger partial charge in [-0.15, -0.1) is 21.5 Å². The second-order valence-electron chi connectivity index (χ2n) is 7.82. The van der Waals surface area contributed by atoms with E-state index in [1.165, 1.54) is 22.2 Å². The summed E-state index contributed by atoms with van der Waals surface area (Å²) in [5.74, 6) is 1.60. The third-order valence-corrected chi connectivity index (χ3v) is 6.79. The fourth-order valence-corrected chi connectivity index (χ4v) is 4.85. The van der Waals surface area contributed by atoms with Crippen molar-refractivity contribution >= 4 is 34.7 Å². The third kappa shape index (κ3) is 5.08. The van der Waals surface area contributed by atoms with Crippen LogP contribution >= 0.6 is 23.1 Å². The molecule has 0 saturated heterocycles. The van der Waals surface area contributed by atoms with E-state index in [0.29, 0.717) is 11.7 Å². The number of nitrogens with zero attached hydrogens (tertiary/aromatic N) is 3. The van der Waals surface area contributed by atoms with Crippen molar-refractivity contribution in [3.63, 3.8) is 0 Å². The van der Waals surface area contributed by atoms with Gasteiger partial charge in [-0.1, -0.05) is 43.3 Å². The highest BCUT2D eigenvalue weighted by Gasteiger charge is 2.19. The van der Waals surface area contributed by atoms with Gasteiger partial charge in [0.25, 0.3) is 0 Å². The molecule has 3 rings (SSSR count). The molecule has 7 heteroatoms. The Morgan fingerprint density at radius 1 is 1.17 bits per heavy atom. The zero-order valence-corrected chi connectivity index (χ0v) is 19.4. The lowest BCUT2D eigenvalue weighted by atomic mass is 10.1. The molecule has 0 aliphatic heterocycles. The summed E-state index contributed by atoms with van der Waals surface area (Å²) in [5.41, 5.74) is 4.19. The summed E-state index contributed by atoms with van der Waals surface area (Å²) in [6.45, 7) is 12.7. The van der Waals surface area contributed by atoms with Crippen molar-refractivity contribution in [3.05, 3.63) is 45.6 Å². The van der Waals surface area contributed by atoms with Gasteiger partial charge >= 0.3 is 0 Å². The minimum atomic E-state index is -0.0422. The number of amides is 1. The van der Waals surface area contributed by atoms with E-state index in [9.17, 15) is 4.79 Å². The van der Waals surface area contributed by atoms with Crippen molar-refractivity contribution in [1.82, 2.24) is 14.8 Å². The number of thiophene rings is 1. The van der Waals surface area contributed by atoms with E-state index in [2.05, 4.69) is 65.3 Å². The number of rotatable bonds is 7. The normalized spacial score (nSPS) is 11.4. The van der Waals surface area contributed by atoms with Crippen LogP contribution in [0.1, 0.15) is 55.7 Å². The Labute approximate surface area is 180 Å². The summed E-state index contributed by atoms with van der Waals surface area (Å²) >= 11 is 3.17. The van der Waals surface area contributed by atoms with Gasteiger partial charge in [0.15, 0.2) is 11.0 Å². The molecule has 1 aromatic carbocycles. The Morgan fingerprint density at radius 3 is 2.55 bits per heavy atom. The maximum atomic E-state index is 12.5. The van der Waals surface area contributed by atoms with Crippen LogP contribution in [0.5, 0.6) is 0 Å². The second kappa shape index (κ2) is 9.13. The quantitative estimate of drug-likeness (QED) is 0.465. The van der Waals surface area contributed by atoms with E-state index in [0.717, 1.165) is 27.8 Å². The van der Waals surface area contributed by atoms with Crippen LogP contribution in [-0.4, -0.2) is 26.4 Å². The summed E-state index contributed by atoms with van der Waals surface area (Å²) in [5, 5.41) is 14.7. The molecule has 0 unspecified atom stereocenters. The molecule has 29 heavy (non-hydrogen) atoms. The number of thioether (sulfide) groups is 1. The molecule has 0 radical (unpaired) electrons. The number of nitrogens with one attached hydrogen (secondary N) is 1. The lowest BCUT2D eigenvalue weighted by Gasteiger charge is -2.13. The number of hydrogen-bond donors (Lipinski definition) is 1. The first kappa shape index (κ1) is 21.6. The maximum Gasteiger partial charge on any atom is 0.234 e. The second-order valence-corrected chi connectivity index (χ2v) is 9.70. The molecule has 0 saturated carbocycles. The van der Waals surface area contributed by atoms with Gasteiger partial charge in [-0.25, -0.2) is 0 Å².